The Bertz CT molecular complexity index is 701. The number of esters is 1. The Morgan fingerprint density at radius 1 is 1.27 bits per heavy atom. The zero-order valence-electron chi connectivity index (χ0n) is 15.8. The molecule has 0 aliphatic heterocycles. The number of hydrogen-bond acceptors (Lipinski definition) is 4. The molecule has 0 aromatic heterocycles. The van der Waals surface area contributed by atoms with Crippen LogP contribution in [0.1, 0.15) is 49.0 Å². The molecule has 6 heteroatoms. The Morgan fingerprint density at radius 3 is 2.65 bits per heavy atom. The molecule has 1 rings (SSSR count). The maximum absolute atomic E-state index is 12.2. The number of unbranched alkanes of at least 4 members (excludes halogenated alkanes) is 1. The van der Waals surface area contributed by atoms with E-state index in [-0.39, 0.29) is 18.4 Å². The summed E-state index contributed by atoms with van der Waals surface area (Å²) < 4.78 is 4.87. The van der Waals surface area contributed by atoms with Gasteiger partial charge in [-0.05, 0) is 38.5 Å². The van der Waals surface area contributed by atoms with Crippen LogP contribution in [0, 0.1) is 11.8 Å². The Balaban J connectivity index is 2.60. The quantitative estimate of drug-likeness (QED) is 0.459. The summed E-state index contributed by atoms with van der Waals surface area (Å²) in [6.07, 6.45) is 1.77. The number of amides is 2. The molecule has 0 spiro atoms. The smallest absolute Gasteiger partial charge is 0.328 e. The number of nitrogens with zero attached hydrogens (tertiary/aromatic N) is 1. The minimum Gasteiger partial charge on any atom is -0.464 e. The summed E-state index contributed by atoms with van der Waals surface area (Å²) >= 11 is 0. The third-order valence-corrected chi connectivity index (χ3v) is 3.54. The van der Waals surface area contributed by atoms with Crippen LogP contribution in [-0.4, -0.2) is 49.4 Å². The van der Waals surface area contributed by atoms with Gasteiger partial charge in [-0.3, -0.25) is 9.59 Å². The van der Waals surface area contributed by atoms with Crippen molar-refractivity contribution in [3.05, 3.63) is 35.4 Å². The predicted octanol–water partition coefficient (Wildman–Crippen LogP) is 1.98. The average Bonchev–Trinajstić information content (AvgIpc) is 2.61. The van der Waals surface area contributed by atoms with Crippen molar-refractivity contribution in [3.63, 3.8) is 0 Å². The van der Waals surface area contributed by atoms with Crippen LogP contribution in [0.5, 0.6) is 0 Å². The van der Waals surface area contributed by atoms with Gasteiger partial charge in [-0.15, -0.1) is 0 Å². The first-order valence-electron chi connectivity index (χ1n) is 8.61. The fourth-order valence-electron chi connectivity index (χ4n) is 2.06. The molecule has 0 radical (unpaired) electrons. The van der Waals surface area contributed by atoms with Crippen molar-refractivity contribution in [3.8, 4) is 11.8 Å². The molecule has 1 N–H and O–H groups in total. The molecule has 0 fully saturated rings. The van der Waals surface area contributed by atoms with Crippen molar-refractivity contribution in [1.82, 2.24) is 10.2 Å². The number of hydrogen-bond donors (Lipinski definition) is 1. The normalized spacial score (nSPS) is 10.9. The van der Waals surface area contributed by atoms with Crippen LogP contribution in [0.4, 0.5) is 0 Å². The Hall–Kier alpha value is -2.81. The second-order valence-corrected chi connectivity index (χ2v) is 5.97. The van der Waals surface area contributed by atoms with E-state index in [0.717, 1.165) is 0 Å². The average molecular weight is 358 g/mol. The highest BCUT2D eigenvalue weighted by Crippen LogP contribution is 2.05. The summed E-state index contributed by atoms with van der Waals surface area (Å²) in [6, 6.07) is 6.17. The van der Waals surface area contributed by atoms with E-state index in [1.807, 2.05) is 6.07 Å². The molecule has 2 amide bonds. The molecular formula is C20H26N2O4. The molecule has 1 aromatic carbocycles. The van der Waals surface area contributed by atoms with Gasteiger partial charge in [0.1, 0.15) is 6.04 Å². The Kier molecular flexibility index (Phi) is 8.93. The molecule has 0 unspecified atom stereocenters. The summed E-state index contributed by atoms with van der Waals surface area (Å²) in [5.74, 6) is 5.26. The first kappa shape index (κ1) is 21.2. The van der Waals surface area contributed by atoms with Gasteiger partial charge in [0.2, 0.25) is 5.91 Å². The topological polar surface area (TPSA) is 75.7 Å². The summed E-state index contributed by atoms with van der Waals surface area (Å²) in [6.45, 7) is 3.56. The minimum atomic E-state index is -0.716. The summed E-state index contributed by atoms with van der Waals surface area (Å²) in [5, 5.41) is 2.60. The van der Waals surface area contributed by atoms with Crippen LogP contribution in [0.3, 0.4) is 0 Å². The van der Waals surface area contributed by atoms with Gasteiger partial charge < -0.3 is 15.0 Å². The molecule has 0 heterocycles. The third-order valence-electron chi connectivity index (χ3n) is 3.54. The molecule has 6 nitrogen and oxygen atoms in total. The van der Waals surface area contributed by atoms with Crippen molar-refractivity contribution in [2.75, 3.05) is 20.7 Å². The molecule has 140 valence electrons. The van der Waals surface area contributed by atoms with Crippen LogP contribution in [0.15, 0.2) is 24.3 Å². The zero-order valence-corrected chi connectivity index (χ0v) is 15.8. The maximum atomic E-state index is 12.2. The lowest BCUT2D eigenvalue weighted by Crippen LogP contribution is -2.39. The van der Waals surface area contributed by atoms with Crippen molar-refractivity contribution < 1.29 is 19.1 Å². The molecular weight excluding hydrogens is 332 g/mol. The first-order chi connectivity index (χ1) is 12.3. The van der Waals surface area contributed by atoms with Gasteiger partial charge in [0.05, 0.1) is 6.61 Å². The second-order valence-electron chi connectivity index (χ2n) is 5.97. The molecule has 0 bridgehead atoms. The predicted molar refractivity (Wildman–Crippen MR) is 99.4 cm³/mol. The standard InChI is InChI=1S/C20H26N2O4/c1-5-26-20(25)15(2)21-19(24)17-12-9-11-16(14-17)10-7-6-8-13-18(23)22(3)4/h9,11-12,14-15H,5-6,8,13H2,1-4H3,(H,21,24)/t15-/m0/s1. The molecule has 1 atom stereocenters. The molecule has 1 aromatic rings. The first-order valence-corrected chi connectivity index (χ1v) is 8.61. The van der Waals surface area contributed by atoms with Crippen molar-refractivity contribution in [2.45, 2.75) is 39.2 Å². The van der Waals surface area contributed by atoms with Crippen molar-refractivity contribution >= 4 is 17.8 Å². The van der Waals surface area contributed by atoms with Gasteiger partial charge in [-0.25, -0.2) is 4.79 Å². The van der Waals surface area contributed by atoms with Gasteiger partial charge in [0.15, 0.2) is 0 Å². The molecule has 0 saturated heterocycles. The number of nitrogens with one attached hydrogen (secondary N) is 1. The number of rotatable bonds is 7. The lowest BCUT2D eigenvalue weighted by molar-refractivity contribution is -0.144. The SMILES string of the molecule is CCOC(=O)[C@H](C)NC(=O)c1cccc(C#CCCCC(=O)N(C)C)c1. The van der Waals surface area contributed by atoms with E-state index in [4.69, 9.17) is 4.74 Å². The summed E-state index contributed by atoms with van der Waals surface area (Å²) in [5.41, 5.74) is 1.14. The van der Waals surface area contributed by atoms with Gasteiger partial charge in [-0.1, -0.05) is 17.9 Å². The molecule has 0 aliphatic rings. The third kappa shape index (κ3) is 7.39. The zero-order chi connectivity index (χ0) is 19.5. The van der Waals surface area contributed by atoms with Gasteiger partial charge in [0, 0.05) is 38.1 Å². The minimum absolute atomic E-state index is 0.0844. The van der Waals surface area contributed by atoms with Crippen LogP contribution in [0.25, 0.3) is 0 Å². The highest BCUT2D eigenvalue weighted by atomic mass is 16.5. The fourth-order valence-corrected chi connectivity index (χ4v) is 2.06. The van der Waals surface area contributed by atoms with Crippen LogP contribution in [-0.2, 0) is 14.3 Å². The van der Waals surface area contributed by atoms with Gasteiger partial charge >= 0.3 is 5.97 Å². The van der Waals surface area contributed by atoms with Gasteiger partial charge in [0.25, 0.3) is 5.91 Å². The molecule has 26 heavy (non-hydrogen) atoms. The van der Waals surface area contributed by atoms with E-state index in [1.54, 1.807) is 51.0 Å². The van der Waals surface area contributed by atoms with E-state index in [0.29, 0.717) is 30.4 Å². The van der Waals surface area contributed by atoms with Gasteiger partial charge in [-0.2, -0.15) is 0 Å². The number of ether oxygens (including phenoxy) is 1. The van der Waals surface area contributed by atoms with Crippen LogP contribution < -0.4 is 5.32 Å². The van der Waals surface area contributed by atoms with E-state index in [1.165, 1.54) is 0 Å². The monoisotopic (exact) mass is 358 g/mol. The van der Waals surface area contributed by atoms with Crippen molar-refractivity contribution in [2.24, 2.45) is 0 Å². The summed E-state index contributed by atoms with van der Waals surface area (Å²) in [7, 11) is 3.46. The molecule has 0 aliphatic carbocycles. The largest absolute Gasteiger partial charge is 0.464 e. The van der Waals surface area contributed by atoms with E-state index in [9.17, 15) is 14.4 Å². The fraction of sp³-hybridized carbons (Fsp3) is 0.450. The lowest BCUT2D eigenvalue weighted by atomic mass is 10.1. The maximum Gasteiger partial charge on any atom is 0.328 e. The highest BCUT2D eigenvalue weighted by Gasteiger charge is 2.17. The number of benzene rings is 1. The van der Waals surface area contributed by atoms with Crippen molar-refractivity contribution in [1.29, 1.82) is 0 Å². The van der Waals surface area contributed by atoms with E-state index in [2.05, 4.69) is 17.2 Å². The van der Waals surface area contributed by atoms with E-state index >= 15 is 0 Å². The van der Waals surface area contributed by atoms with Crippen LogP contribution in [0.2, 0.25) is 0 Å². The van der Waals surface area contributed by atoms with Crippen LogP contribution >= 0.6 is 0 Å². The lowest BCUT2D eigenvalue weighted by Gasteiger charge is -2.12. The number of carbonyl (C=O) groups excluding carboxylic acids is 3. The summed E-state index contributed by atoms with van der Waals surface area (Å²) in [4.78, 5) is 36.8. The van der Waals surface area contributed by atoms with E-state index < -0.39 is 12.0 Å². The Labute approximate surface area is 154 Å². The number of carbonyl (C=O) groups is 3. The Morgan fingerprint density at radius 2 is 2.00 bits per heavy atom. The molecule has 0 saturated carbocycles. The second kappa shape index (κ2) is 10.9. The highest BCUT2D eigenvalue weighted by molar-refractivity contribution is 5.97.